The van der Waals surface area contributed by atoms with Crippen molar-refractivity contribution in [2.24, 2.45) is 0 Å². The zero-order valence-electron chi connectivity index (χ0n) is 12.9. The molecule has 0 unspecified atom stereocenters. The molecule has 23 heavy (non-hydrogen) atoms. The zero-order valence-corrected chi connectivity index (χ0v) is 12.9. The van der Waals surface area contributed by atoms with Gasteiger partial charge in [-0.25, -0.2) is 0 Å². The van der Waals surface area contributed by atoms with E-state index in [2.05, 4.69) is 15.1 Å². The van der Waals surface area contributed by atoms with Crippen LogP contribution in [0.5, 0.6) is 0 Å². The van der Waals surface area contributed by atoms with Crippen molar-refractivity contribution in [1.29, 1.82) is 0 Å². The molecule has 1 N–H and O–H groups in total. The first-order valence-corrected chi connectivity index (χ1v) is 7.98. The fourth-order valence-corrected chi connectivity index (χ4v) is 3.05. The van der Waals surface area contributed by atoms with Crippen molar-refractivity contribution < 1.29 is 9.32 Å². The summed E-state index contributed by atoms with van der Waals surface area (Å²) < 4.78 is 5.31. The van der Waals surface area contributed by atoms with Gasteiger partial charge < -0.3 is 14.4 Å². The Bertz CT molecular complexity index is 806. The minimum atomic E-state index is -0.354. The second-order valence-corrected chi connectivity index (χ2v) is 6.31. The molecule has 0 spiro atoms. The Labute approximate surface area is 132 Å². The lowest BCUT2D eigenvalue weighted by Gasteiger charge is -2.21. The smallest absolute Gasteiger partial charge is 0.260 e. The van der Waals surface area contributed by atoms with Gasteiger partial charge in [0.2, 0.25) is 5.89 Å². The van der Waals surface area contributed by atoms with Crippen LogP contribution in [0.4, 0.5) is 0 Å². The standard InChI is InChI=1S/C16H18N4O3/c1-9-4-7-11(14(21)17-9)16(22)20-8-2-3-12(20)13-18-15(23-19-13)10-5-6-10/h4,7,10,12H,2-3,5-6,8H2,1H3,(H,17,21)/t12-/m1/s1. The third-order valence-corrected chi connectivity index (χ3v) is 4.48. The molecular formula is C16H18N4O3. The van der Waals surface area contributed by atoms with Gasteiger partial charge in [-0.05, 0) is 44.7 Å². The van der Waals surface area contributed by atoms with Crippen LogP contribution in [0.3, 0.4) is 0 Å². The Balaban J connectivity index is 1.61. The van der Waals surface area contributed by atoms with Gasteiger partial charge >= 0.3 is 0 Å². The van der Waals surface area contributed by atoms with Crippen molar-refractivity contribution in [2.45, 2.75) is 44.6 Å². The summed E-state index contributed by atoms with van der Waals surface area (Å²) >= 11 is 0. The van der Waals surface area contributed by atoms with E-state index in [9.17, 15) is 9.59 Å². The first kappa shape index (κ1) is 14.2. The molecule has 1 amide bonds. The van der Waals surface area contributed by atoms with Crippen LogP contribution in [-0.2, 0) is 0 Å². The first-order chi connectivity index (χ1) is 11.1. The molecule has 2 fully saturated rings. The molecule has 7 heteroatoms. The van der Waals surface area contributed by atoms with Crippen molar-refractivity contribution in [3.8, 4) is 0 Å². The fraction of sp³-hybridized carbons (Fsp3) is 0.500. The van der Waals surface area contributed by atoms with E-state index in [4.69, 9.17) is 4.52 Å². The third-order valence-electron chi connectivity index (χ3n) is 4.48. The molecule has 1 aliphatic carbocycles. The van der Waals surface area contributed by atoms with Gasteiger partial charge in [-0.1, -0.05) is 5.16 Å². The van der Waals surface area contributed by atoms with Gasteiger partial charge in [-0.15, -0.1) is 0 Å². The maximum absolute atomic E-state index is 12.7. The molecule has 0 radical (unpaired) electrons. The van der Waals surface area contributed by atoms with Crippen LogP contribution in [0.15, 0.2) is 21.5 Å². The molecule has 2 aromatic heterocycles. The summed E-state index contributed by atoms with van der Waals surface area (Å²) in [5.74, 6) is 1.35. The predicted octanol–water partition coefficient (Wildman–Crippen LogP) is 1.92. The highest BCUT2D eigenvalue weighted by atomic mass is 16.5. The molecule has 0 bridgehead atoms. The quantitative estimate of drug-likeness (QED) is 0.934. The molecule has 120 valence electrons. The summed E-state index contributed by atoms with van der Waals surface area (Å²) in [5.41, 5.74) is 0.539. The largest absolute Gasteiger partial charge is 0.339 e. The Hall–Kier alpha value is -2.44. The number of hydrogen-bond donors (Lipinski definition) is 1. The molecule has 3 heterocycles. The second kappa shape index (κ2) is 5.33. The molecule has 2 aromatic rings. The molecule has 1 atom stereocenters. The molecule has 7 nitrogen and oxygen atoms in total. The Morgan fingerprint density at radius 3 is 2.91 bits per heavy atom. The first-order valence-electron chi connectivity index (χ1n) is 7.98. The van der Waals surface area contributed by atoms with Crippen molar-refractivity contribution in [3.63, 3.8) is 0 Å². The van der Waals surface area contributed by atoms with E-state index in [-0.39, 0.29) is 23.1 Å². The molecule has 0 aromatic carbocycles. The summed E-state index contributed by atoms with van der Waals surface area (Å²) in [6.07, 6.45) is 3.84. The van der Waals surface area contributed by atoms with Crippen LogP contribution >= 0.6 is 0 Å². The highest BCUT2D eigenvalue weighted by molar-refractivity contribution is 5.94. The van der Waals surface area contributed by atoms with E-state index >= 15 is 0 Å². The van der Waals surface area contributed by atoms with Crippen LogP contribution in [0.1, 0.15) is 65.4 Å². The number of aromatic nitrogens is 3. The summed E-state index contributed by atoms with van der Waals surface area (Å²) in [4.78, 5) is 33.6. The maximum Gasteiger partial charge on any atom is 0.260 e. The highest BCUT2D eigenvalue weighted by Gasteiger charge is 2.36. The van der Waals surface area contributed by atoms with E-state index in [1.165, 1.54) is 0 Å². The molecule has 1 aliphatic heterocycles. The number of hydrogen-bond acceptors (Lipinski definition) is 5. The minimum Gasteiger partial charge on any atom is -0.339 e. The number of likely N-dealkylation sites (tertiary alicyclic amines) is 1. The topological polar surface area (TPSA) is 92.1 Å². The van der Waals surface area contributed by atoms with Gasteiger partial charge in [-0.2, -0.15) is 4.98 Å². The number of aromatic amines is 1. The van der Waals surface area contributed by atoms with Crippen molar-refractivity contribution in [3.05, 3.63) is 45.5 Å². The summed E-state index contributed by atoms with van der Waals surface area (Å²) in [7, 11) is 0. The van der Waals surface area contributed by atoms with Crippen LogP contribution < -0.4 is 5.56 Å². The SMILES string of the molecule is Cc1ccc(C(=O)N2CCC[C@@H]2c2noc(C3CC3)n2)c(=O)[nH]1. The predicted molar refractivity (Wildman–Crippen MR) is 81.1 cm³/mol. The highest BCUT2D eigenvalue weighted by Crippen LogP contribution is 2.40. The Morgan fingerprint density at radius 2 is 2.17 bits per heavy atom. The lowest BCUT2D eigenvalue weighted by atomic mass is 10.2. The summed E-state index contributed by atoms with van der Waals surface area (Å²) in [5, 5.41) is 4.06. The summed E-state index contributed by atoms with van der Waals surface area (Å²) in [6.45, 7) is 2.39. The Morgan fingerprint density at radius 1 is 1.35 bits per heavy atom. The zero-order chi connectivity index (χ0) is 16.0. The number of nitrogens with one attached hydrogen (secondary N) is 1. The van der Waals surface area contributed by atoms with E-state index in [1.807, 2.05) is 0 Å². The van der Waals surface area contributed by atoms with Gasteiger partial charge in [0.1, 0.15) is 5.56 Å². The van der Waals surface area contributed by atoms with Gasteiger partial charge in [0.15, 0.2) is 5.82 Å². The number of H-pyrrole nitrogens is 1. The van der Waals surface area contributed by atoms with Crippen LogP contribution in [0.25, 0.3) is 0 Å². The minimum absolute atomic E-state index is 0.161. The number of carbonyl (C=O) groups is 1. The van der Waals surface area contributed by atoms with Gasteiger partial charge in [-0.3, -0.25) is 9.59 Å². The number of rotatable bonds is 3. The van der Waals surface area contributed by atoms with Gasteiger partial charge in [0.25, 0.3) is 11.5 Å². The lowest BCUT2D eigenvalue weighted by Crippen LogP contribution is -2.34. The van der Waals surface area contributed by atoms with Crippen molar-refractivity contribution in [2.75, 3.05) is 6.54 Å². The van der Waals surface area contributed by atoms with E-state index in [0.717, 1.165) is 31.4 Å². The average Bonchev–Trinajstić information content (AvgIpc) is 3.07. The fourth-order valence-electron chi connectivity index (χ4n) is 3.05. The molecule has 2 aliphatic rings. The van der Waals surface area contributed by atoms with Crippen LogP contribution in [0.2, 0.25) is 0 Å². The maximum atomic E-state index is 12.7. The van der Waals surface area contributed by atoms with Crippen LogP contribution in [-0.4, -0.2) is 32.5 Å². The second-order valence-electron chi connectivity index (χ2n) is 6.31. The molecule has 1 saturated carbocycles. The monoisotopic (exact) mass is 314 g/mol. The number of nitrogens with zero attached hydrogens (tertiary/aromatic N) is 3. The average molecular weight is 314 g/mol. The number of pyridine rings is 1. The van der Waals surface area contributed by atoms with E-state index in [0.29, 0.717) is 24.2 Å². The molecule has 4 rings (SSSR count). The van der Waals surface area contributed by atoms with Crippen LogP contribution in [0, 0.1) is 6.92 Å². The van der Waals surface area contributed by atoms with E-state index in [1.54, 1.807) is 24.0 Å². The van der Waals surface area contributed by atoms with Crippen molar-refractivity contribution >= 4 is 5.91 Å². The van der Waals surface area contributed by atoms with Crippen molar-refractivity contribution in [1.82, 2.24) is 20.0 Å². The van der Waals surface area contributed by atoms with Gasteiger partial charge in [0.05, 0.1) is 6.04 Å². The Kier molecular flexibility index (Phi) is 3.28. The molecular weight excluding hydrogens is 296 g/mol. The third kappa shape index (κ3) is 2.56. The number of amides is 1. The number of carbonyl (C=O) groups excluding carboxylic acids is 1. The van der Waals surface area contributed by atoms with Gasteiger partial charge in [0, 0.05) is 18.2 Å². The number of aryl methyl sites for hydroxylation is 1. The summed E-state index contributed by atoms with van der Waals surface area (Å²) in [6, 6.07) is 3.11. The molecule has 1 saturated heterocycles. The normalized spacial score (nSPS) is 20.9. The lowest BCUT2D eigenvalue weighted by molar-refractivity contribution is 0.0726. The van der Waals surface area contributed by atoms with E-state index < -0.39 is 0 Å².